The topological polar surface area (TPSA) is 17.1 Å². The van der Waals surface area contributed by atoms with E-state index in [0.29, 0.717) is 18.6 Å². The molecule has 3 heteroatoms. The van der Waals surface area contributed by atoms with Gasteiger partial charge in [-0.1, -0.05) is 44.0 Å². The normalized spacial score (nSPS) is 10.3. The van der Waals surface area contributed by atoms with Gasteiger partial charge in [0.2, 0.25) is 0 Å². The van der Waals surface area contributed by atoms with Gasteiger partial charge >= 0.3 is 0 Å². The van der Waals surface area contributed by atoms with Gasteiger partial charge in [0.05, 0.1) is 0 Å². The standard InChI is InChI=1S/C12H14Br2O/c13-9-1-2-12(15)8-5-10-3-6-11(14)7-4-10/h3-4,6-7H,1-2,5,8-9H2. The summed E-state index contributed by atoms with van der Waals surface area (Å²) < 4.78 is 1.08. The van der Waals surface area contributed by atoms with Crippen molar-refractivity contribution in [3.8, 4) is 0 Å². The Morgan fingerprint density at radius 2 is 1.80 bits per heavy atom. The summed E-state index contributed by atoms with van der Waals surface area (Å²) in [4.78, 5) is 11.4. The van der Waals surface area contributed by atoms with Crippen LogP contribution in [0.4, 0.5) is 0 Å². The molecule has 1 rings (SSSR count). The summed E-state index contributed by atoms with van der Waals surface area (Å²) in [5.41, 5.74) is 1.23. The number of hydrogen-bond donors (Lipinski definition) is 0. The fraction of sp³-hybridized carbons (Fsp3) is 0.417. The van der Waals surface area contributed by atoms with Crippen molar-refractivity contribution in [3.63, 3.8) is 0 Å². The van der Waals surface area contributed by atoms with Gasteiger partial charge in [0.1, 0.15) is 5.78 Å². The van der Waals surface area contributed by atoms with E-state index in [1.165, 1.54) is 5.56 Å². The third kappa shape index (κ3) is 5.47. The average Bonchev–Trinajstić information content (AvgIpc) is 2.25. The van der Waals surface area contributed by atoms with Gasteiger partial charge in [-0.15, -0.1) is 0 Å². The smallest absolute Gasteiger partial charge is 0.133 e. The van der Waals surface area contributed by atoms with E-state index in [0.717, 1.165) is 22.6 Å². The average molecular weight is 334 g/mol. The number of halogens is 2. The summed E-state index contributed by atoms with van der Waals surface area (Å²) >= 11 is 6.71. The summed E-state index contributed by atoms with van der Waals surface area (Å²) in [7, 11) is 0. The van der Waals surface area contributed by atoms with E-state index in [-0.39, 0.29) is 0 Å². The fourth-order valence-electron chi connectivity index (χ4n) is 1.32. The molecule has 0 heterocycles. The van der Waals surface area contributed by atoms with Crippen molar-refractivity contribution in [2.45, 2.75) is 25.7 Å². The van der Waals surface area contributed by atoms with E-state index in [9.17, 15) is 4.79 Å². The maximum absolute atomic E-state index is 11.4. The van der Waals surface area contributed by atoms with Gasteiger partial charge in [-0.25, -0.2) is 0 Å². The van der Waals surface area contributed by atoms with Crippen LogP contribution in [0, 0.1) is 0 Å². The number of rotatable bonds is 6. The molecular weight excluding hydrogens is 320 g/mol. The number of hydrogen-bond acceptors (Lipinski definition) is 1. The number of benzene rings is 1. The molecule has 0 atom stereocenters. The van der Waals surface area contributed by atoms with Crippen molar-refractivity contribution < 1.29 is 4.79 Å². The van der Waals surface area contributed by atoms with Gasteiger partial charge in [0.25, 0.3) is 0 Å². The van der Waals surface area contributed by atoms with E-state index in [4.69, 9.17) is 0 Å². The van der Waals surface area contributed by atoms with Gasteiger partial charge in [-0.05, 0) is 30.5 Å². The van der Waals surface area contributed by atoms with Crippen LogP contribution >= 0.6 is 31.9 Å². The number of carbonyl (C=O) groups excluding carboxylic acids is 1. The molecule has 0 unspecified atom stereocenters. The lowest BCUT2D eigenvalue weighted by atomic mass is 10.1. The second-order valence-corrected chi connectivity index (χ2v) is 5.17. The Kier molecular flexibility index (Phi) is 6.18. The Hall–Kier alpha value is -0.150. The summed E-state index contributed by atoms with van der Waals surface area (Å²) in [6.07, 6.45) is 3.16. The molecule has 0 saturated carbocycles. The summed E-state index contributed by atoms with van der Waals surface area (Å²) in [6, 6.07) is 8.14. The van der Waals surface area contributed by atoms with E-state index < -0.39 is 0 Å². The molecule has 0 bridgehead atoms. The first kappa shape index (κ1) is 12.9. The van der Waals surface area contributed by atoms with Crippen LogP contribution < -0.4 is 0 Å². The predicted molar refractivity (Wildman–Crippen MR) is 70.5 cm³/mol. The number of ketones is 1. The van der Waals surface area contributed by atoms with Crippen LogP contribution in [-0.2, 0) is 11.2 Å². The Morgan fingerprint density at radius 3 is 2.40 bits per heavy atom. The monoisotopic (exact) mass is 332 g/mol. The molecule has 0 aliphatic carbocycles. The fourth-order valence-corrected chi connectivity index (χ4v) is 1.87. The van der Waals surface area contributed by atoms with Gasteiger partial charge in [-0.2, -0.15) is 0 Å². The van der Waals surface area contributed by atoms with Crippen LogP contribution in [0.3, 0.4) is 0 Å². The van der Waals surface area contributed by atoms with Crippen molar-refractivity contribution in [1.82, 2.24) is 0 Å². The highest BCUT2D eigenvalue weighted by molar-refractivity contribution is 9.10. The van der Waals surface area contributed by atoms with Crippen LogP contribution in [0.1, 0.15) is 24.8 Å². The molecule has 0 saturated heterocycles. The molecule has 0 spiro atoms. The maximum Gasteiger partial charge on any atom is 0.133 e. The molecule has 0 fully saturated rings. The van der Waals surface area contributed by atoms with Gasteiger partial charge < -0.3 is 0 Å². The van der Waals surface area contributed by atoms with Gasteiger partial charge in [-0.3, -0.25) is 4.79 Å². The molecular formula is C12H14Br2O. The lowest BCUT2D eigenvalue weighted by Crippen LogP contribution is -2.00. The minimum absolute atomic E-state index is 0.359. The molecule has 1 aromatic carbocycles. The molecule has 0 aromatic heterocycles. The minimum atomic E-state index is 0.359. The third-order valence-electron chi connectivity index (χ3n) is 2.20. The second-order valence-electron chi connectivity index (χ2n) is 3.46. The van der Waals surface area contributed by atoms with Crippen LogP contribution in [0.15, 0.2) is 28.7 Å². The zero-order valence-electron chi connectivity index (χ0n) is 8.51. The van der Waals surface area contributed by atoms with Crippen LogP contribution in [0.5, 0.6) is 0 Å². The molecule has 0 aliphatic heterocycles. The third-order valence-corrected chi connectivity index (χ3v) is 3.28. The van der Waals surface area contributed by atoms with Crippen molar-refractivity contribution in [3.05, 3.63) is 34.3 Å². The molecule has 1 nitrogen and oxygen atoms in total. The van der Waals surface area contributed by atoms with E-state index in [1.54, 1.807) is 0 Å². The highest BCUT2D eigenvalue weighted by Crippen LogP contribution is 2.12. The first-order chi connectivity index (χ1) is 7.22. The Balaban J connectivity index is 2.30. The number of alkyl halides is 1. The highest BCUT2D eigenvalue weighted by atomic mass is 79.9. The minimum Gasteiger partial charge on any atom is -0.300 e. The first-order valence-electron chi connectivity index (χ1n) is 5.04. The number of carbonyl (C=O) groups is 1. The van der Waals surface area contributed by atoms with Crippen molar-refractivity contribution in [2.24, 2.45) is 0 Å². The zero-order valence-corrected chi connectivity index (χ0v) is 11.7. The molecule has 0 amide bonds. The zero-order chi connectivity index (χ0) is 11.1. The Morgan fingerprint density at radius 1 is 1.13 bits per heavy atom. The van der Waals surface area contributed by atoms with E-state index in [1.807, 2.05) is 12.1 Å². The summed E-state index contributed by atoms with van der Waals surface area (Å²) in [5, 5.41) is 0.914. The Labute approximate surface area is 108 Å². The quantitative estimate of drug-likeness (QED) is 0.715. The van der Waals surface area contributed by atoms with Crippen molar-refractivity contribution in [2.75, 3.05) is 5.33 Å². The number of Topliss-reactive ketones (excluding diaryl/α,β-unsaturated/α-hetero) is 1. The Bertz CT molecular complexity index is 306. The van der Waals surface area contributed by atoms with E-state index in [2.05, 4.69) is 44.0 Å². The molecule has 1 aromatic rings. The molecule has 0 radical (unpaired) electrons. The highest BCUT2D eigenvalue weighted by Gasteiger charge is 2.02. The first-order valence-corrected chi connectivity index (χ1v) is 6.96. The second kappa shape index (κ2) is 7.18. The molecule has 0 aliphatic rings. The summed E-state index contributed by atoms with van der Waals surface area (Å²) in [6.45, 7) is 0. The van der Waals surface area contributed by atoms with Crippen molar-refractivity contribution >= 4 is 37.6 Å². The summed E-state index contributed by atoms with van der Waals surface area (Å²) in [5.74, 6) is 0.359. The maximum atomic E-state index is 11.4. The van der Waals surface area contributed by atoms with Crippen molar-refractivity contribution in [1.29, 1.82) is 0 Å². The SMILES string of the molecule is O=C(CCCBr)CCc1ccc(Br)cc1. The van der Waals surface area contributed by atoms with E-state index >= 15 is 0 Å². The largest absolute Gasteiger partial charge is 0.300 e. The van der Waals surface area contributed by atoms with Gasteiger partial charge in [0, 0.05) is 22.6 Å². The van der Waals surface area contributed by atoms with Crippen LogP contribution in [0.25, 0.3) is 0 Å². The molecule has 0 N–H and O–H groups in total. The van der Waals surface area contributed by atoms with Crippen LogP contribution in [-0.4, -0.2) is 11.1 Å². The lowest BCUT2D eigenvalue weighted by molar-refractivity contribution is -0.119. The van der Waals surface area contributed by atoms with Crippen LogP contribution in [0.2, 0.25) is 0 Å². The molecule has 15 heavy (non-hydrogen) atoms. The van der Waals surface area contributed by atoms with Gasteiger partial charge in [0.15, 0.2) is 0 Å². The lowest BCUT2D eigenvalue weighted by Gasteiger charge is -2.01. The molecule has 82 valence electrons. The number of aryl methyl sites for hydroxylation is 1. The predicted octanol–water partition coefficient (Wildman–Crippen LogP) is 4.13.